The fourth-order valence-corrected chi connectivity index (χ4v) is 0.722. The standard InChI is InChI=1S/C4H10N2O2S/c1-3-4-6-9(7,8)5-2/h3,5-6H,1,4H2,2H3. The summed E-state index contributed by atoms with van der Waals surface area (Å²) in [5, 5.41) is 0. The highest BCUT2D eigenvalue weighted by molar-refractivity contribution is 7.87. The van der Waals surface area contributed by atoms with Crippen molar-refractivity contribution in [1.82, 2.24) is 9.44 Å². The van der Waals surface area contributed by atoms with E-state index in [4.69, 9.17) is 0 Å². The first-order valence-corrected chi connectivity index (χ1v) is 3.89. The maximum Gasteiger partial charge on any atom is 0.276 e. The molecule has 0 aromatic rings. The Morgan fingerprint density at radius 3 is 2.56 bits per heavy atom. The third kappa shape index (κ3) is 4.14. The van der Waals surface area contributed by atoms with Crippen molar-refractivity contribution >= 4 is 10.2 Å². The average Bonchev–Trinajstić information content (AvgIpc) is 1.84. The normalized spacial score (nSPS) is 11.2. The van der Waals surface area contributed by atoms with Gasteiger partial charge in [0.2, 0.25) is 0 Å². The van der Waals surface area contributed by atoms with Crippen LogP contribution in [-0.2, 0) is 10.2 Å². The Balaban J connectivity index is 3.74. The molecule has 0 aliphatic rings. The molecule has 0 aliphatic carbocycles. The highest BCUT2D eigenvalue weighted by Gasteiger charge is 2.00. The number of hydrogen-bond acceptors (Lipinski definition) is 2. The van der Waals surface area contributed by atoms with E-state index in [1.165, 1.54) is 13.1 Å². The maximum atomic E-state index is 10.5. The smallest absolute Gasteiger partial charge is 0.205 e. The predicted molar refractivity (Wildman–Crippen MR) is 36.2 cm³/mol. The molecule has 0 saturated carbocycles. The van der Waals surface area contributed by atoms with E-state index in [-0.39, 0.29) is 6.54 Å². The van der Waals surface area contributed by atoms with Gasteiger partial charge in [-0.3, -0.25) is 0 Å². The summed E-state index contributed by atoms with van der Waals surface area (Å²) in [5.41, 5.74) is 0. The SMILES string of the molecule is C=CCNS(=O)(=O)NC. The largest absolute Gasteiger partial charge is 0.276 e. The van der Waals surface area contributed by atoms with Crippen molar-refractivity contribution < 1.29 is 8.42 Å². The van der Waals surface area contributed by atoms with Gasteiger partial charge in [0.25, 0.3) is 10.2 Å². The lowest BCUT2D eigenvalue weighted by atomic mass is 10.7. The lowest BCUT2D eigenvalue weighted by Crippen LogP contribution is -2.33. The summed E-state index contributed by atoms with van der Waals surface area (Å²) in [4.78, 5) is 0. The minimum atomic E-state index is -3.25. The summed E-state index contributed by atoms with van der Waals surface area (Å²) in [6.45, 7) is 3.60. The number of hydrogen-bond donors (Lipinski definition) is 2. The molecule has 0 aliphatic heterocycles. The van der Waals surface area contributed by atoms with Gasteiger partial charge in [-0.25, -0.2) is 4.72 Å². The van der Waals surface area contributed by atoms with Crippen molar-refractivity contribution in [3.05, 3.63) is 12.7 Å². The zero-order valence-electron chi connectivity index (χ0n) is 5.22. The van der Waals surface area contributed by atoms with Gasteiger partial charge in [0.05, 0.1) is 0 Å². The van der Waals surface area contributed by atoms with Crippen molar-refractivity contribution in [2.75, 3.05) is 13.6 Å². The second-order valence-electron chi connectivity index (χ2n) is 1.34. The predicted octanol–water partition coefficient (Wildman–Crippen LogP) is -0.774. The summed E-state index contributed by atoms with van der Waals surface area (Å²) in [7, 11) is -1.91. The number of nitrogens with one attached hydrogen (secondary N) is 2. The molecule has 0 rings (SSSR count). The molecule has 0 aromatic heterocycles. The van der Waals surface area contributed by atoms with Gasteiger partial charge in [-0.1, -0.05) is 6.08 Å². The van der Waals surface area contributed by atoms with E-state index in [1.807, 2.05) is 0 Å². The molecule has 0 amide bonds. The van der Waals surface area contributed by atoms with Crippen LogP contribution in [0.4, 0.5) is 0 Å². The highest BCUT2D eigenvalue weighted by Crippen LogP contribution is 1.70. The molecule has 0 aromatic carbocycles. The van der Waals surface area contributed by atoms with Crippen LogP contribution in [0.5, 0.6) is 0 Å². The van der Waals surface area contributed by atoms with Crippen LogP contribution in [0.2, 0.25) is 0 Å². The first kappa shape index (κ1) is 8.61. The lowest BCUT2D eigenvalue weighted by Gasteiger charge is -1.99. The summed E-state index contributed by atoms with van der Waals surface area (Å²) >= 11 is 0. The van der Waals surface area contributed by atoms with Crippen LogP contribution in [-0.4, -0.2) is 22.0 Å². The quantitative estimate of drug-likeness (QED) is 0.517. The molecule has 2 N–H and O–H groups in total. The van der Waals surface area contributed by atoms with Gasteiger partial charge in [0, 0.05) is 13.6 Å². The Hall–Kier alpha value is -0.390. The van der Waals surface area contributed by atoms with Gasteiger partial charge in [-0.2, -0.15) is 13.1 Å². The van der Waals surface area contributed by atoms with Crippen LogP contribution in [0.1, 0.15) is 0 Å². The molecule has 0 unspecified atom stereocenters. The van der Waals surface area contributed by atoms with Crippen LogP contribution in [0, 0.1) is 0 Å². The van der Waals surface area contributed by atoms with Gasteiger partial charge in [-0.15, -0.1) is 6.58 Å². The Morgan fingerprint density at radius 2 is 2.22 bits per heavy atom. The summed E-state index contributed by atoms with van der Waals surface area (Å²) in [6, 6.07) is 0. The van der Waals surface area contributed by atoms with E-state index in [9.17, 15) is 8.42 Å². The molecular formula is C4H10N2O2S. The Labute approximate surface area is 55.1 Å². The molecule has 0 spiro atoms. The van der Waals surface area contributed by atoms with Crippen molar-refractivity contribution in [1.29, 1.82) is 0 Å². The van der Waals surface area contributed by atoms with Gasteiger partial charge >= 0.3 is 0 Å². The van der Waals surface area contributed by atoms with Crippen LogP contribution in [0.15, 0.2) is 12.7 Å². The topological polar surface area (TPSA) is 58.2 Å². The van der Waals surface area contributed by atoms with Crippen LogP contribution in [0.25, 0.3) is 0 Å². The Kier molecular flexibility index (Phi) is 3.44. The van der Waals surface area contributed by atoms with E-state index >= 15 is 0 Å². The van der Waals surface area contributed by atoms with E-state index in [0.717, 1.165) is 0 Å². The molecule has 0 heterocycles. The highest BCUT2D eigenvalue weighted by atomic mass is 32.2. The molecule has 0 atom stereocenters. The maximum absolute atomic E-state index is 10.5. The molecule has 5 heteroatoms. The first-order valence-electron chi connectivity index (χ1n) is 2.41. The van der Waals surface area contributed by atoms with Gasteiger partial charge in [-0.05, 0) is 0 Å². The summed E-state index contributed by atoms with van der Waals surface area (Å²) in [5.74, 6) is 0. The fourth-order valence-electron chi connectivity index (χ4n) is 0.241. The Morgan fingerprint density at radius 1 is 1.67 bits per heavy atom. The van der Waals surface area contributed by atoms with Crippen molar-refractivity contribution in [3.8, 4) is 0 Å². The van der Waals surface area contributed by atoms with Crippen molar-refractivity contribution in [2.45, 2.75) is 0 Å². The minimum absolute atomic E-state index is 0.253. The molecule has 9 heavy (non-hydrogen) atoms. The third-order valence-corrected chi connectivity index (χ3v) is 1.77. The molecule has 0 bridgehead atoms. The second kappa shape index (κ2) is 3.60. The summed E-state index contributed by atoms with van der Waals surface area (Å²) in [6.07, 6.45) is 1.47. The number of rotatable bonds is 4. The van der Waals surface area contributed by atoms with Gasteiger partial charge in [0.1, 0.15) is 0 Å². The second-order valence-corrected chi connectivity index (χ2v) is 3.05. The third-order valence-electron chi connectivity index (χ3n) is 0.686. The van der Waals surface area contributed by atoms with Crippen molar-refractivity contribution in [2.24, 2.45) is 0 Å². The molecular weight excluding hydrogens is 140 g/mol. The molecule has 54 valence electrons. The van der Waals surface area contributed by atoms with E-state index in [2.05, 4.69) is 16.0 Å². The van der Waals surface area contributed by atoms with Crippen LogP contribution in [0.3, 0.4) is 0 Å². The molecule has 0 fully saturated rings. The van der Waals surface area contributed by atoms with E-state index in [0.29, 0.717) is 0 Å². The monoisotopic (exact) mass is 150 g/mol. The Bertz CT molecular complexity index is 173. The fraction of sp³-hybridized carbons (Fsp3) is 0.500. The van der Waals surface area contributed by atoms with Crippen molar-refractivity contribution in [3.63, 3.8) is 0 Å². The van der Waals surface area contributed by atoms with E-state index < -0.39 is 10.2 Å². The summed E-state index contributed by atoms with van der Waals surface area (Å²) < 4.78 is 25.3. The molecule has 0 saturated heterocycles. The van der Waals surface area contributed by atoms with Crippen LogP contribution >= 0.6 is 0 Å². The molecule has 4 nitrogen and oxygen atoms in total. The lowest BCUT2D eigenvalue weighted by molar-refractivity contribution is 0.577. The first-order chi connectivity index (χ1) is 4.12. The average molecular weight is 150 g/mol. The van der Waals surface area contributed by atoms with Crippen LogP contribution < -0.4 is 9.44 Å². The van der Waals surface area contributed by atoms with Gasteiger partial charge in [0.15, 0.2) is 0 Å². The zero-order valence-corrected chi connectivity index (χ0v) is 6.03. The zero-order chi connectivity index (χ0) is 7.33. The minimum Gasteiger partial charge on any atom is -0.205 e. The van der Waals surface area contributed by atoms with E-state index in [1.54, 1.807) is 0 Å². The van der Waals surface area contributed by atoms with Gasteiger partial charge < -0.3 is 0 Å². The molecule has 0 radical (unpaired) electrons.